The summed E-state index contributed by atoms with van der Waals surface area (Å²) in [4.78, 5) is 4.17. The lowest BCUT2D eigenvalue weighted by Crippen LogP contribution is -2.02. The van der Waals surface area contributed by atoms with Crippen molar-refractivity contribution in [2.75, 3.05) is 5.73 Å². The molecule has 68 valence electrons. The summed E-state index contributed by atoms with van der Waals surface area (Å²) in [6.07, 6.45) is 0. The Labute approximate surface area is 78.4 Å². The lowest BCUT2D eigenvalue weighted by atomic mass is 10.2. The third-order valence-electron chi connectivity index (χ3n) is 2.07. The zero-order valence-corrected chi connectivity index (χ0v) is 7.12. The first-order valence-electron chi connectivity index (χ1n) is 4.08. The second-order valence-corrected chi connectivity index (χ2v) is 2.90. The number of nitrogen functional groups attached to an aromatic ring is 1. The molecule has 0 radical (unpaired) electrons. The van der Waals surface area contributed by atoms with Gasteiger partial charge in [0.05, 0.1) is 5.52 Å². The number of nitrogens with two attached hydrogens (primary N) is 1. The maximum atomic E-state index is 5.68. The second-order valence-electron chi connectivity index (χ2n) is 2.90. The number of para-hydroxylation sites is 1. The number of hydrogen-bond donors (Lipinski definition) is 1. The molecular weight excluding hydrogens is 180 g/mol. The van der Waals surface area contributed by atoms with Gasteiger partial charge in [0.15, 0.2) is 5.65 Å². The summed E-state index contributed by atoms with van der Waals surface area (Å²) < 4.78 is 1.42. The van der Waals surface area contributed by atoms with Gasteiger partial charge in [-0.1, -0.05) is 12.1 Å². The van der Waals surface area contributed by atoms with Crippen molar-refractivity contribution in [2.24, 2.45) is 0 Å². The van der Waals surface area contributed by atoms with Crippen molar-refractivity contribution in [3.8, 4) is 0 Å². The molecule has 0 bridgehead atoms. The van der Waals surface area contributed by atoms with E-state index in [0.29, 0.717) is 11.6 Å². The van der Waals surface area contributed by atoms with Crippen molar-refractivity contribution in [3.63, 3.8) is 0 Å². The zero-order chi connectivity index (χ0) is 9.54. The van der Waals surface area contributed by atoms with E-state index in [4.69, 9.17) is 5.73 Å². The van der Waals surface area contributed by atoms with Crippen molar-refractivity contribution in [2.45, 2.75) is 0 Å². The van der Waals surface area contributed by atoms with E-state index in [9.17, 15) is 0 Å². The van der Waals surface area contributed by atoms with Gasteiger partial charge in [0.25, 0.3) is 0 Å². The Hall–Kier alpha value is -2.24. The van der Waals surface area contributed by atoms with Gasteiger partial charge in [0, 0.05) is 5.39 Å². The minimum absolute atomic E-state index is 0.295. The molecule has 2 heterocycles. The molecule has 0 aliphatic carbocycles. The molecule has 3 rings (SSSR count). The molecule has 6 nitrogen and oxygen atoms in total. The Bertz CT molecular complexity index is 613. The minimum atomic E-state index is 0.295. The fourth-order valence-electron chi connectivity index (χ4n) is 1.44. The fourth-order valence-corrected chi connectivity index (χ4v) is 1.44. The van der Waals surface area contributed by atoms with Crippen molar-refractivity contribution in [1.29, 1.82) is 0 Å². The lowest BCUT2D eigenvalue weighted by Gasteiger charge is -1.99. The number of hydrogen-bond acceptors (Lipinski definition) is 5. The molecule has 0 saturated carbocycles. The van der Waals surface area contributed by atoms with Crippen LogP contribution in [0.15, 0.2) is 24.3 Å². The average Bonchev–Trinajstić information content (AvgIpc) is 2.67. The Balaban J connectivity index is 2.66. The predicted octanol–water partition coefficient (Wildman–Crippen LogP) is 0.255. The predicted molar refractivity (Wildman–Crippen MR) is 50.5 cm³/mol. The number of anilines is 1. The normalized spacial score (nSPS) is 11.1. The van der Waals surface area contributed by atoms with Crippen LogP contribution in [0.4, 0.5) is 5.95 Å². The highest BCUT2D eigenvalue weighted by Gasteiger charge is 2.07. The average molecular weight is 186 g/mol. The fraction of sp³-hybridized carbons (Fsp3) is 0. The molecule has 0 saturated heterocycles. The van der Waals surface area contributed by atoms with E-state index < -0.39 is 0 Å². The number of aromatic nitrogens is 5. The Morgan fingerprint density at radius 1 is 1.21 bits per heavy atom. The van der Waals surface area contributed by atoms with Crippen LogP contribution in [-0.4, -0.2) is 25.0 Å². The van der Waals surface area contributed by atoms with Crippen LogP contribution in [0.3, 0.4) is 0 Å². The van der Waals surface area contributed by atoms with Gasteiger partial charge in [0.2, 0.25) is 5.95 Å². The Morgan fingerprint density at radius 2 is 2.07 bits per heavy atom. The summed E-state index contributed by atoms with van der Waals surface area (Å²) in [7, 11) is 0. The maximum absolute atomic E-state index is 5.68. The number of fused-ring (bicyclic) bond motifs is 3. The minimum Gasteiger partial charge on any atom is -0.368 e. The maximum Gasteiger partial charge on any atom is 0.225 e. The van der Waals surface area contributed by atoms with Gasteiger partial charge in [-0.2, -0.15) is 4.52 Å². The molecule has 2 N–H and O–H groups in total. The molecule has 2 aromatic heterocycles. The number of benzene rings is 1. The molecule has 1 aromatic carbocycles. The first-order chi connectivity index (χ1) is 6.86. The van der Waals surface area contributed by atoms with E-state index in [1.54, 1.807) is 0 Å². The van der Waals surface area contributed by atoms with E-state index in [1.807, 2.05) is 24.3 Å². The Morgan fingerprint density at radius 3 is 3.00 bits per heavy atom. The van der Waals surface area contributed by atoms with Crippen LogP contribution in [0.2, 0.25) is 0 Å². The number of tetrazole rings is 1. The van der Waals surface area contributed by atoms with E-state index in [0.717, 1.165) is 10.9 Å². The molecular formula is C8H6N6. The van der Waals surface area contributed by atoms with Crippen LogP contribution in [-0.2, 0) is 0 Å². The highest BCUT2D eigenvalue weighted by atomic mass is 15.5. The van der Waals surface area contributed by atoms with Gasteiger partial charge in [-0.25, -0.2) is 4.98 Å². The lowest BCUT2D eigenvalue weighted by molar-refractivity contribution is 0.821. The van der Waals surface area contributed by atoms with E-state index in [2.05, 4.69) is 20.5 Å². The molecule has 0 aliphatic heterocycles. The first-order valence-corrected chi connectivity index (χ1v) is 4.08. The summed E-state index contributed by atoms with van der Waals surface area (Å²) in [5.74, 6) is 0.295. The van der Waals surface area contributed by atoms with Crippen LogP contribution in [0.1, 0.15) is 0 Å². The molecule has 0 spiro atoms. The standard InChI is InChI=1S/C8H6N6/c9-8-10-6-4-2-1-3-5(6)7-11-12-13-14(7)8/h1-4H,(H2,9,10). The van der Waals surface area contributed by atoms with Crippen LogP contribution in [0, 0.1) is 0 Å². The molecule has 3 aromatic rings. The van der Waals surface area contributed by atoms with Gasteiger partial charge >= 0.3 is 0 Å². The van der Waals surface area contributed by atoms with E-state index >= 15 is 0 Å². The molecule has 0 aliphatic rings. The molecule has 6 heteroatoms. The molecule has 14 heavy (non-hydrogen) atoms. The highest BCUT2D eigenvalue weighted by Crippen LogP contribution is 2.16. The highest BCUT2D eigenvalue weighted by molar-refractivity contribution is 5.91. The summed E-state index contributed by atoms with van der Waals surface area (Å²) in [6, 6.07) is 7.60. The number of rotatable bonds is 0. The van der Waals surface area contributed by atoms with Gasteiger partial charge in [-0.05, 0) is 22.6 Å². The van der Waals surface area contributed by atoms with Gasteiger partial charge in [0.1, 0.15) is 0 Å². The van der Waals surface area contributed by atoms with Crippen molar-refractivity contribution < 1.29 is 0 Å². The first kappa shape index (κ1) is 7.19. The molecule has 0 unspecified atom stereocenters. The summed E-state index contributed by atoms with van der Waals surface area (Å²) >= 11 is 0. The van der Waals surface area contributed by atoms with Gasteiger partial charge in [-0.3, -0.25) is 0 Å². The molecule has 0 amide bonds. The Kier molecular flexibility index (Phi) is 1.22. The SMILES string of the molecule is Nc1nc2ccccc2c2nnnn12. The van der Waals surface area contributed by atoms with Crippen LogP contribution >= 0.6 is 0 Å². The summed E-state index contributed by atoms with van der Waals surface area (Å²) in [5, 5.41) is 12.1. The quantitative estimate of drug-likeness (QED) is 0.544. The van der Waals surface area contributed by atoms with Crippen molar-refractivity contribution in [3.05, 3.63) is 24.3 Å². The van der Waals surface area contributed by atoms with Crippen LogP contribution in [0.5, 0.6) is 0 Å². The number of nitrogens with zero attached hydrogens (tertiary/aromatic N) is 5. The third kappa shape index (κ3) is 0.792. The summed E-state index contributed by atoms with van der Waals surface area (Å²) in [5.41, 5.74) is 7.11. The monoisotopic (exact) mass is 186 g/mol. The summed E-state index contributed by atoms with van der Waals surface area (Å²) in [6.45, 7) is 0. The second kappa shape index (κ2) is 2.38. The van der Waals surface area contributed by atoms with Crippen LogP contribution < -0.4 is 5.73 Å². The smallest absolute Gasteiger partial charge is 0.225 e. The largest absolute Gasteiger partial charge is 0.368 e. The van der Waals surface area contributed by atoms with Gasteiger partial charge < -0.3 is 5.73 Å². The molecule has 0 atom stereocenters. The van der Waals surface area contributed by atoms with Crippen molar-refractivity contribution >= 4 is 22.5 Å². The van der Waals surface area contributed by atoms with Crippen molar-refractivity contribution in [1.82, 2.24) is 25.0 Å². The zero-order valence-electron chi connectivity index (χ0n) is 7.12. The topological polar surface area (TPSA) is 82.0 Å². The van der Waals surface area contributed by atoms with E-state index in [-0.39, 0.29) is 0 Å². The van der Waals surface area contributed by atoms with Crippen LogP contribution in [0.25, 0.3) is 16.6 Å². The van der Waals surface area contributed by atoms with Gasteiger partial charge in [-0.15, -0.1) is 5.10 Å². The molecule has 0 fully saturated rings. The third-order valence-corrected chi connectivity index (χ3v) is 2.07. The van der Waals surface area contributed by atoms with E-state index in [1.165, 1.54) is 4.52 Å².